The third-order valence-corrected chi connectivity index (χ3v) is 6.15. The number of oxazole rings is 1. The molecule has 0 radical (unpaired) electrons. The summed E-state index contributed by atoms with van der Waals surface area (Å²) in [6.07, 6.45) is 8.49. The van der Waals surface area contributed by atoms with Crippen LogP contribution in [0.2, 0.25) is 0 Å². The summed E-state index contributed by atoms with van der Waals surface area (Å²) < 4.78 is 36.8. The predicted molar refractivity (Wildman–Crippen MR) is 121 cm³/mol. The first-order valence-electron chi connectivity index (χ1n) is 9.46. The quantitative estimate of drug-likeness (QED) is 0.463. The van der Waals surface area contributed by atoms with Crippen molar-refractivity contribution < 1.29 is 17.6 Å². The van der Waals surface area contributed by atoms with Crippen molar-refractivity contribution in [3.8, 4) is 5.75 Å². The van der Waals surface area contributed by atoms with E-state index in [1.54, 1.807) is 48.8 Å². The fourth-order valence-corrected chi connectivity index (χ4v) is 4.13. The third-order valence-electron chi connectivity index (χ3n) is 4.43. The Kier molecular flexibility index (Phi) is 7.04. The lowest BCUT2D eigenvalue weighted by Crippen LogP contribution is -2.10. The molecule has 3 rings (SSSR count). The van der Waals surface area contributed by atoms with Gasteiger partial charge in [0.15, 0.2) is 15.6 Å². The highest BCUT2D eigenvalue weighted by atomic mass is 32.2. The number of nitrogens with one attached hydrogen (secondary N) is 1. The van der Waals surface area contributed by atoms with Gasteiger partial charge in [0.2, 0.25) is 0 Å². The zero-order valence-corrected chi connectivity index (χ0v) is 17.9. The molecule has 0 saturated heterocycles. The highest BCUT2D eigenvalue weighted by Crippen LogP contribution is 2.31. The van der Waals surface area contributed by atoms with Gasteiger partial charge in [-0.25, -0.2) is 13.4 Å². The van der Waals surface area contributed by atoms with E-state index in [1.165, 1.54) is 19.2 Å². The fraction of sp³-hybridized carbons (Fsp3) is 0.130. The van der Waals surface area contributed by atoms with Gasteiger partial charge in [-0.3, -0.25) is 4.98 Å². The molecule has 0 amide bonds. The molecule has 7 nitrogen and oxygen atoms in total. The lowest BCUT2D eigenvalue weighted by atomic mass is 10.2. The molecule has 0 saturated carbocycles. The molecule has 31 heavy (non-hydrogen) atoms. The molecule has 0 aliphatic heterocycles. The maximum absolute atomic E-state index is 12.9. The Bertz CT molecular complexity index is 1200. The van der Waals surface area contributed by atoms with Crippen molar-refractivity contribution in [1.29, 1.82) is 0 Å². The van der Waals surface area contributed by atoms with Crippen LogP contribution in [0.1, 0.15) is 11.5 Å². The minimum atomic E-state index is -3.54. The Morgan fingerprint density at radius 1 is 1.23 bits per heavy atom. The summed E-state index contributed by atoms with van der Waals surface area (Å²) in [5, 5.41) is 2.98. The molecule has 1 N–H and O–H groups in total. The first kappa shape index (κ1) is 22.0. The summed E-state index contributed by atoms with van der Waals surface area (Å²) in [5.74, 6) is 0.887. The van der Waals surface area contributed by atoms with E-state index in [-0.39, 0.29) is 16.7 Å². The topological polar surface area (TPSA) is 94.3 Å². The highest BCUT2D eigenvalue weighted by Gasteiger charge is 2.18. The largest absolute Gasteiger partial charge is 0.495 e. The Hall–Kier alpha value is -3.65. The molecule has 2 heterocycles. The number of ether oxygens (including phenoxy) is 1. The van der Waals surface area contributed by atoms with E-state index in [2.05, 4.69) is 28.4 Å². The van der Waals surface area contributed by atoms with Crippen molar-refractivity contribution in [2.75, 3.05) is 18.2 Å². The van der Waals surface area contributed by atoms with Crippen LogP contribution in [0.3, 0.4) is 0 Å². The zero-order valence-electron chi connectivity index (χ0n) is 17.1. The van der Waals surface area contributed by atoms with E-state index in [1.807, 2.05) is 6.07 Å². The molecule has 0 unspecified atom stereocenters. The van der Waals surface area contributed by atoms with Crippen molar-refractivity contribution in [2.45, 2.75) is 11.3 Å². The second-order valence-electron chi connectivity index (χ2n) is 6.47. The van der Waals surface area contributed by atoms with Crippen LogP contribution in [0.25, 0.3) is 5.57 Å². The molecule has 160 valence electrons. The maximum atomic E-state index is 12.9. The lowest BCUT2D eigenvalue weighted by molar-refractivity contribution is 0.416. The number of hydrogen-bond donors (Lipinski definition) is 1. The molecule has 0 spiro atoms. The van der Waals surface area contributed by atoms with Gasteiger partial charge in [-0.05, 0) is 30.3 Å². The van der Waals surface area contributed by atoms with Crippen molar-refractivity contribution in [2.24, 2.45) is 0 Å². The Balaban J connectivity index is 1.84. The monoisotopic (exact) mass is 437 g/mol. The summed E-state index contributed by atoms with van der Waals surface area (Å²) in [4.78, 5) is 8.53. The number of pyridine rings is 1. The first-order chi connectivity index (χ1) is 15.0. The van der Waals surface area contributed by atoms with E-state index < -0.39 is 9.84 Å². The summed E-state index contributed by atoms with van der Waals surface area (Å²) in [6, 6.07) is 10.2. The minimum Gasteiger partial charge on any atom is -0.495 e. The number of rotatable bonds is 10. The standard InChI is InChI=1S/C23H23N3O4S/c1-4-8-17(5-2)22-16-25-23(30-22)26-20-15-19(10-11-21(20)29-3)31(27,28)14-12-18-9-6-7-13-24-18/h4-11,13,15-16H,1-2,12,14H2,3H3,(H,25,26)/b17-8+. The van der Waals surface area contributed by atoms with E-state index in [0.717, 1.165) is 5.69 Å². The maximum Gasteiger partial charge on any atom is 0.299 e. The van der Waals surface area contributed by atoms with Gasteiger partial charge in [0.1, 0.15) is 5.75 Å². The van der Waals surface area contributed by atoms with Gasteiger partial charge in [-0.2, -0.15) is 0 Å². The van der Waals surface area contributed by atoms with Crippen LogP contribution in [0.5, 0.6) is 5.75 Å². The smallest absolute Gasteiger partial charge is 0.299 e. The van der Waals surface area contributed by atoms with Crippen LogP contribution in [0, 0.1) is 0 Å². The average Bonchev–Trinajstić information content (AvgIpc) is 3.25. The lowest BCUT2D eigenvalue weighted by Gasteiger charge is -2.11. The predicted octanol–water partition coefficient (Wildman–Crippen LogP) is 4.59. The summed E-state index contributed by atoms with van der Waals surface area (Å²) in [6.45, 7) is 7.40. The number of aromatic nitrogens is 2. The summed E-state index contributed by atoms with van der Waals surface area (Å²) in [5.41, 5.74) is 1.85. The molecule has 0 aliphatic rings. The van der Waals surface area contributed by atoms with Crippen LogP contribution in [-0.2, 0) is 16.3 Å². The normalized spacial score (nSPS) is 11.7. The zero-order chi connectivity index (χ0) is 22.3. The summed E-state index contributed by atoms with van der Waals surface area (Å²) in [7, 11) is -2.04. The number of allylic oxidation sites excluding steroid dienone is 4. The van der Waals surface area contributed by atoms with Gasteiger partial charge in [0, 0.05) is 23.9 Å². The molecule has 0 bridgehead atoms. The Morgan fingerprint density at radius 3 is 2.74 bits per heavy atom. The van der Waals surface area contributed by atoms with Gasteiger partial charge in [-0.15, -0.1) is 0 Å². The van der Waals surface area contributed by atoms with E-state index in [0.29, 0.717) is 29.2 Å². The van der Waals surface area contributed by atoms with Gasteiger partial charge in [0.25, 0.3) is 6.01 Å². The number of benzene rings is 1. The first-order valence-corrected chi connectivity index (χ1v) is 11.1. The number of nitrogens with zero attached hydrogens (tertiary/aromatic N) is 2. The van der Waals surface area contributed by atoms with Gasteiger partial charge < -0.3 is 14.5 Å². The number of aryl methyl sites for hydroxylation is 1. The molecule has 0 aliphatic carbocycles. The number of sulfone groups is 1. The van der Waals surface area contributed by atoms with E-state index in [4.69, 9.17) is 9.15 Å². The van der Waals surface area contributed by atoms with Crippen molar-refractivity contribution in [1.82, 2.24) is 9.97 Å². The molecule has 2 aromatic heterocycles. The SMILES string of the molecule is C=C/C=C(\C=C)c1cnc(Nc2cc(S(=O)(=O)CCc3ccccn3)ccc2OC)o1. The Morgan fingerprint density at radius 2 is 2.06 bits per heavy atom. The van der Waals surface area contributed by atoms with Crippen LogP contribution in [-0.4, -0.2) is 31.2 Å². The third kappa shape index (κ3) is 5.49. The summed E-state index contributed by atoms with van der Waals surface area (Å²) >= 11 is 0. The van der Waals surface area contributed by atoms with Crippen LogP contribution in [0.15, 0.2) is 89.5 Å². The minimum absolute atomic E-state index is 0.0615. The van der Waals surface area contributed by atoms with Crippen molar-refractivity contribution in [3.63, 3.8) is 0 Å². The molecule has 1 aromatic carbocycles. The van der Waals surface area contributed by atoms with Crippen LogP contribution < -0.4 is 10.1 Å². The second-order valence-corrected chi connectivity index (χ2v) is 8.58. The van der Waals surface area contributed by atoms with Crippen molar-refractivity contribution >= 4 is 27.1 Å². The fourth-order valence-electron chi connectivity index (χ4n) is 2.84. The van der Waals surface area contributed by atoms with Gasteiger partial charge in [-0.1, -0.05) is 37.5 Å². The van der Waals surface area contributed by atoms with Gasteiger partial charge in [0.05, 0.1) is 29.6 Å². The van der Waals surface area contributed by atoms with Crippen LogP contribution >= 0.6 is 0 Å². The van der Waals surface area contributed by atoms with Crippen LogP contribution in [0.4, 0.5) is 11.7 Å². The van der Waals surface area contributed by atoms with Gasteiger partial charge >= 0.3 is 0 Å². The Labute approximate surface area is 181 Å². The molecule has 3 aromatic rings. The van der Waals surface area contributed by atoms with E-state index in [9.17, 15) is 8.42 Å². The number of anilines is 2. The molecule has 8 heteroatoms. The highest BCUT2D eigenvalue weighted by molar-refractivity contribution is 7.91. The average molecular weight is 438 g/mol. The second kappa shape index (κ2) is 9.90. The van der Waals surface area contributed by atoms with E-state index >= 15 is 0 Å². The molecule has 0 atom stereocenters. The number of methoxy groups -OCH3 is 1. The molecular formula is C23H23N3O4S. The van der Waals surface area contributed by atoms with Crippen molar-refractivity contribution in [3.05, 3.63) is 91.6 Å². The molecular weight excluding hydrogens is 414 g/mol. The number of hydrogen-bond acceptors (Lipinski definition) is 7. The molecule has 0 fully saturated rings.